The summed E-state index contributed by atoms with van der Waals surface area (Å²) in [5.41, 5.74) is 8.26. The summed E-state index contributed by atoms with van der Waals surface area (Å²) in [5, 5.41) is 3.24. The molecule has 0 saturated heterocycles. The van der Waals surface area contributed by atoms with Gasteiger partial charge in [0.15, 0.2) is 0 Å². The van der Waals surface area contributed by atoms with E-state index >= 15 is 0 Å². The molecule has 5 nitrogen and oxygen atoms in total. The van der Waals surface area contributed by atoms with Crippen molar-refractivity contribution in [3.05, 3.63) is 59.4 Å². The van der Waals surface area contributed by atoms with Crippen LogP contribution in [0, 0.1) is 18.8 Å². The summed E-state index contributed by atoms with van der Waals surface area (Å²) < 4.78 is 5.47. The van der Waals surface area contributed by atoms with E-state index < -0.39 is 0 Å². The molecule has 1 heterocycles. The van der Waals surface area contributed by atoms with Crippen molar-refractivity contribution in [3.8, 4) is 5.75 Å². The molecule has 0 radical (unpaired) electrons. The summed E-state index contributed by atoms with van der Waals surface area (Å²) >= 11 is 0. The monoisotopic (exact) mass is 367 g/mol. The summed E-state index contributed by atoms with van der Waals surface area (Å²) in [5.74, 6) is 1.47. The first-order chi connectivity index (χ1) is 13.1. The quantitative estimate of drug-likeness (QED) is 0.817. The van der Waals surface area contributed by atoms with E-state index in [1.54, 1.807) is 13.3 Å². The average Bonchev–Trinajstić information content (AvgIpc) is 2.72. The fourth-order valence-electron chi connectivity index (χ4n) is 4.07. The van der Waals surface area contributed by atoms with Crippen LogP contribution in [-0.2, 0) is 0 Å². The van der Waals surface area contributed by atoms with Gasteiger partial charge < -0.3 is 15.8 Å². The molecule has 1 aliphatic rings. The summed E-state index contributed by atoms with van der Waals surface area (Å²) in [6.07, 6.45) is 6.10. The van der Waals surface area contributed by atoms with Crippen LogP contribution in [0.5, 0.6) is 5.75 Å². The number of pyridine rings is 1. The predicted molar refractivity (Wildman–Crippen MR) is 107 cm³/mol. The third kappa shape index (κ3) is 4.48. The zero-order valence-electron chi connectivity index (χ0n) is 16.2. The Morgan fingerprint density at radius 3 is 2.63 bits per heavy atom. The number of amides is 1. The number of nitrogens with zero attached hydrogens (tertiary/aromatic N) is 1. The first kappa shape index (κ1) is 19.4. The summed E-state index contributed by atoms with van der Waals surface area (Å²) in [6, 6.07) is 11.4. The Hall–Kier alpha value is -2.40. The van der Waals surface area contributed by atoms with Gasteiger partial charge in [0.1, 0.15) is 5.75 Å². The maximum absolute atomic E-state index is 13.1. The molecule has 2 aromatic rings. The highest BCUT2D eigenvalue weighted by Crippen LogP contribution is 2.36. The van der Waals surface area contributed by atoms with Gasteiger partial charge in [-0.05, 0) is 74.8 Å². The SMILES string of the molecule is COc1c(C)cccc1C(=O)N[C@H](c1ccccn1)C1CCC(CN)CC1. The van der Waals surface area contributed by atoms with Crippen LogP contribution in [0.3, 0.4) is 0 Å². The minimum absolute atomic E-state index is 0.109. The molecular weight excluding hydrogens is 338 g/mol. The van der Waals surface area contributed by atoms with Gasteiger partial charge in [-0.1, -0.05) is 18.2 Å². The molecule has 1 fully saturated rings. The number of carbonyl (C=O) groups excluding carboxylic acids is 1. The van der Waals surface area contributed by atoms with E-state index in [1.807, 2.05) is 43.3 Å². The van der Waals surface area contributed by atoms with Crippen LogP contribution in [0.4, 0.5) is 0 Å². The van der Waals surface area contributed by atoms with E-state index in [0.29, 0.717) is 23.1 Å². The van der Waals surface area contributed by atoms with Crippen molar-refractivity contribution in [1.29, 1.82) is 0 Å². The van der Waals surface area contributed by atoms with Crippen molar-refractivity contribution in [2.75, 3.05) is 13.7 Å². The third-order valence-electron chi connectivity index (χ3n) is 5.65. The molecule has 144 valence electrons. The van der Waals surface area contributed by atoms with Crippen LogP contribution in [-0.4, -0.2) is 24.5 Å². The average molecular weight is 367 g/mol. The topological polar surface area (TPSA) is 77.2 Å². The first-order valence-electron chi connectivity index (χ1n) is 9.69. The summed E-state index contributed by atoms with van der Waals surface area (Å²) in [6.45, 7) is 2.69. The zero-order valence-corrected chi connectivity index (χ0v) is 16.2. The van der Waals surface area contributed by atoms with Gasteiger partial charge in [-0.3, -0.25) is 9.78 Å². The standard InChI is InChI=1S/C22H29N3O2/c1-15-6-5-7-18(21(15)27-2)22(26)25-20(19-8-3-4-13-24-19)17-11-9-16(14-23)10-12-17/h3-8,13,16-17,20H,9-12,14,23H2,1-2H3,(H,25,26)/t16?,17?,20-/m0/s1. The number of nitrogens with two attached hydrogens (primary N) is 1. The second-order valence-corrected chi connectivity index (χ2v) is 7.38. The fourth-order valence-corrected chi connectivity index (χ4v) is 4.07. The number of hydrogen-bond acceptors (Lipinski definition) is 4. The molecule has 0 aliphatic heterocycles. The largest absolute Gasteiger partial charge is 0.496 e. The van der Waals surface area contributed by atoms with E-state index in [4.69, 9.17) is 10.5 Å². The first-order valence-corrected chi connectivity index (χ1v) is 9.69. The molecule has 1 aromatic carbocycles. The Bertz CT molecular complexity index is 755. The highest BCUT2D eigenvalue weighted by molar-refractivity contribution is 5.97. The summed E-state index contributed by atoms with van der Waals surface area (Å²) in [7, 11) is 1.60. The molecule has 1 aliphatic carbocycles. The maximum atomic E-state index is 13.1. The molecule has 0 unspecified atom stereocenters. The Labute approximate surface area is 161 Å². The minimum atomic E-state index is -0.118. The molecule has 0 bridgehead atoms. The van der Waals surface area contributed by atoms with Gasteiger partial charge in [0.2, 0.25) is 0 Å². The zero-order chi connectivity index (χ0) is 19.2. The lowest BCUT2D eigenvalue weighted by atomic mass is 9.77. The normalized spacial score (nSPS) is 20.7. The molecule has 1 saturated carbocycles. The number of ether oxygens (including phenoxy) is 1. The molecule has 1 amide bonds. The molecule has 5 heteroatoms. The molecule has 1 aromatic heterocycles. The number of rotatable bonds is 6. The fraction of sp³-hybridized carbons (Fsp3) is 0.455. The van der Waals surface area contributed by atoms with Crippen molar-refractivity contribution in [2.45, 2.75) is 38.6 Å². The highest BCUT2D eigenvalue weighted by atomic mass is 16.5. The van der Waals surface area contributed by atoms with Crippen LogP contribution in [0.1, 0.15) is 53.3 Å². The van der Waals surface area contributed by atoms with Gasteiger partial charge in [-0.25, -0.2) is 0 Å². The number of hydrogen-bond donors (Lipinski definition) is 2. The number of carbonyl (C=O) groups is 1. The van der Waals surface area contributed by atoms with Gasteiger partial charge >= 0.3 is 0 Å². The van der Waals surface area contributed by atoms with Crippen LogP contribution in [0.15, 0.2) is 42.6 Å². The molecule has 3 rings (SSSR count). The number of benzene rings is 1. The number of nitrogens with one attached hydrogen (secondary N) is 1. The predicted octanol–water partition coefficient (Wildman–Crippen LogP) is 3.63. The lowest BCUT2D eigenvalue weighted by Gasteiger charge is -2.33. The molecule has 1 atom stereocenters. The van der Waals surface area contributed by atoms with Crippen molar-refractivity contribution < 1.29 is 9.53 Å². The van der Waals surface area contributed by atoms with Crippen LogP contribution >= 0.6 is 0 Å². The second-order valence-electron chi connectivity index (χ2n) is 7.38. The smallest absolute Gasteiger partial charge is 0.255 e. The molecule has 3 N–H and O–H groups in total. The van der Waals surface area contributed by atoms with E-state index in [0.717, 1.165) is 43.5 Å². The minimum Gasteiger partial charge on any atom is -0.496 e. The molecule has 0 spiro atoms. The Kier molecular flexibility index (Phi) is 6.45. The van der Waals surface area contributed by atoms with Gasteiger partial charge in [-0.2, -0.15) is 0 Å². The van der Waals surface area contributed by atoms with Crippen molar-refractivity contribution in [1.82, 2.24) is 10.3 Å². The van der Waals surface area contributed by atoms with Gasteiger partial charge in [0, 0.05) is 6.20 Å². The Morgan fingerprint density at radius 1 is 1.22 bits per heavy atom. The molecular formula is C22H29N3O2. The van der Waals surface area contributed by atoms with E-state index in [1.165, 1.54) is 0 Å². The van der Waals surface area contributed by atoms with E-state index in [2.05, 4.69) is 10.3 Å². The van der Waals surface area contributed by atoms with Gasteiger partial charge in [-0.15, -0.1) is 0 Å². The second kappa shape index (κ2) is 9.00. The summed E-state index contributed by atoms with van der Waals surface area (Å²) in [4.78, 5) is 17.6. The number of aryl methyl sites for hydroxylation is 1. The number of aromatic nitrogens is 1. The van der Waals surface area contributed by atoms with Gasteiger partial charge in [0.25, 0.3) is 5.91 Å². The lowest BCUT2D eigenvalue weighted by molar-refractivity contribution is 0.0902. The van der Waals surface area contributed by atoms with Crippen molar-refractivity contribution in [3.63, 3.8) is 0 Å². The van der Waals surface area contributed by atoms with Crippen molar-refractivity contribution in [2.24, 2.45) is 17.6 Å². The van der Waals surface area contributed by atoms with E-state index in [9.17, 15) is 4.79 Å². The Morgan fingerprint density at radius 2 is 2.00 bits per heavy atom. The highest BCUT2D eigenvalue weighted by Gasteiger charge is 2.31. The van der Waals surface area contributed by atoms with Crippen LogP contribution < -0.4 is 15.8 Å². The number of methoxy groups -OCH3 is 1. The maximum Gasteiger partial charge on any atom is 0.255 e. The van der Waals surface area contributed by atoms with Crippen LogP contribution in [0.2, 0.25) is 0 Å². The lowest BCUT2D eigenvalue weighted by Crippen LogP contribution is -2.36. The van der Waals surface area contributed by atoms with Gasteiger partial charge in [0.05, 0.1) is 24.4 Å². The van der Waals surface area contributed by atoms with Crippen LogP contribution in [0.25, 0.3) is 0 Å². The number of para-hydroxylation sites is 1. The molecule has 27 heavy (non-hydrogen) atoms. The van der Waals surface area contributed by atoms with E-state index in [-0.39, 0.29) is 11.9 Å². The Balaban J connectivity index is 1.84. The van der Waals surface area contributed by atoms with Crippen molar-refractivity contribution >= 4 is 5.91 Å². The third-order valence-corrected chi connectivity index (χ3v) is 5.65.